The molecule has 13 heavy (non-hydrogen) atoms. The number of ether oxygens (including phenoxy) is 2. The summed E-state index contributed by atoms with van der Waals surface area (Å²) in [4.78, 5) is 0. The van der Waals surface area contributed by atoms with Gasteiger partial charge in [0.2, 0.25) is 0 Å². The average molecular weight is 188 g/mol. The van der Waals surface area contributed by atoms with Gasteiger partial charge in [-0.05, 0) is 25.2 Å². The van der Waals surface area contributed by atoms with E-state index >= 15 is 0 Å². The minimum absolute atomic E-state index is 0.0805. The number of hydrogen-bond donors (Lipinski definition) is 1. The van der Waals surface area contributed by atoms with Crippen molar-refractivity contribution in [3.8, 4) is 0 Å². The Bertz CT molecular complexity index is 130. The summed E-state index contributed by atoms with van der Waals surface area (Å²) in [5, 5.41) is 9.05. The van der Waals surface area contributed by atoms with Crippen LogP contribution < -0.4 is 0 Å². The Balaban J connectivity index is 2.27. The molecule has 1 heterocycles. The maximum Gasteiger partial charge on any atom is 0.158 e. The molecule has 0 bridgehead atoms. The molecule has 3 heteroatoms. The van der Waals surface area contributed by atoms with Crippen molar-refractivity contribution >= 4 is 0 Å². The molecule has 78 valence electrons. The van der Waals surface area contributed by atoms with E-state index in [0.717, 1.165) is 19.4 Å². The maximum atomic E-state index is 9.05. The van der Waals surface area contributed by atoms with Crippen LogP contribution in [0.3, 0.4) is 0 Å². The van der Waals surface area contributed by atoms with Crippen LogP contribution in [0.1, 0.15) is 33.1 Å². The van der Waals surface area contributed by atoms with Crippen LogP contribution in [0.4, 0.5) is 0 Å². The highest BCUT2D eigenvalue weighted by molar-refractivity contribution is 4.63. The van der Waals surface area contributed by atoms with Gasteiger partial charge < -0.3 is 14.6 Å². The van der Waals surface area contributed by atoms with Crippen LogP contribution in [0.25, 0.3) is 0 Å². The lowest BCUT2D eigenvalue weighted by Gasteiger charge is -2.28. The molecular weight excluding hydrogens is 168 g/mol. The summed E-state index contributed by atoms with van der Waals surface area (Å²) in [6.45, 7) is 4.96. The van der Waals surface area contributed by atoms with Crippen molar-refractivity contribution in [3.05, 3.63) is 0 Å². The predicted molar refractivity (Wildman–Crippen MR) is 50.4 cm³/mol. The summed E-state index contributed by atoms with van der Waals surface area (Å²) in [5.74, 6) is 0.343. The molecule has 0 aliphatic carbocycles. The second-order valence-electron chi connectivity index (χ2n) is 3.90. The molecule has 1 N–H and O–H groups in total. The smallest absolute Gasteiger partial charge is 0.158 e. The largest absolute Gasteiger partial charge is 0.394 e. The van der Waals surface area contributed by atoms with E-state index in [-0.39, 0.29) is 19.0 Å². The lowest BCUT2D eigenvalue weighted by atomic mass is 10.1. The molecule has 3 nitrogen and oxygen atoms in total. The Morgan fingerprint density at radius 2 is 2.23 bits per heavy atom. The van der Waals surface area contributed by atoms with E-state index in [1.807, 2.05) is 13.8 Å². The van der Waals surface area contributed by atoms with Gasteiger partial charge in [0.1, 0.15) is 0 Å². The van der Waals surface area contributed by atoms with Gasteiger partial charge in [0, 0.05) is 6.61 Å². The Hall–Kier alpha value is -0.120. The van der Waals surface area contributed by atoms with Crippen LogP contribution in [0.5, 0.6) is 0 Å². The second-order valence-corrected chi connectivity index (χ2v) is 3.90. The fraction of sp³-hybridized carbons (Fsp3) is 1.00. The van der Waals surface area contributed by atoms with Crippen molar-refractivity contribution in [2.45, 2.75) is 45.5 Å². The number of hydrogen-bond acceptors (Lipinski definition) is 3. The summed E-state index contributed by atoms with van der Waals surface area (Å²) in [6, 6.07) is 0. The van der Waals surface area contributed by atoms with E-state index in [4.69, 9.17) is 14.6 Å². The van der Waals surface area contributed by atoms with Gasteiger partial charge in [-0.2, -0.15) is 0 Å². The third-order valence-corrected chi connectivity index (χ3v) is 2.39. The Kier molecular flexibility index (Phi) is 4.70. The predicted octanol–water partition coefficient (Wildman–Crippen LogP) is 1.55. The van der Waals surface area contributed by atoms with Crippen LogP contribution in [0.15, 0.2) is 0 Å². The van der Waals surface area contributed by atoms with Gasteiger partial charge >= 0.3 is 0 Å². The average Bonchev–Trinajstić information content (AvgIpc) is 2.15. The van der Waals surface area contributed by atoms with Crippen LogP contribution in [-0.2, 0) is 9.47 Å². The van der Waals surface area contributed by atoms with Gasteiger partial charge in [-0.3, -0.25) is 0 Å². The monoisotopic (exact) mass is 188 g/mol. The quantitative estimate of drug-likeness (QED) is 0.727. The highest BCUT2D eigenvalue weighted by atomic mass is 16.7. The topological polar surface area (TPSA) is 38.7 Å². The fourth-order valence-electron chi connectivity index (χ4n) is 1.42. The van der Waals surface area contributed by atoms with Crippen LogP contribution in [0, 0.1) is 5.92 Å². The normalized spacial score (nSPS) is 26.3. The first kappa shape index (κ1) is 11.0. The molecule has 0 unspecified atom stereocenters. The van der Waals surface area contributed by atoms with Gasteiger partial charge in [-0.25, -0.2) is 0 Å². The van der Waals surface area contributed by atoms with Crippen molar-refractivity contribution in [3.63, 3.8) is 0 Å². The molecule has 1 saturated heterocycles. The zero-order valence-corrected chi connectivity index (χ0v) is 8.53. The minimum Gasteiger partial charge on any atom is -0.394 e. The third-order valence-electron chi connectivity index (χ3n) is 2.39. The maximum absolute atomic E-state index is 9.05. The Morgan fingerprint density at radius 3 is 2.69 bits per heavy atom. The van der Waals surface area contributed by atoms with Crippen molar-refractivity contribution in [2.24, 2.45) is 5.92 Å². The van der Waals surface area contributed by atoms with E-state index in [9.17, 15) is 0 Å². The highest BCUT2D eigenvalue weighted by Crippen LogP contribution is 2.17. The zero-order chi connectivity index (χ0) is 9.68. The first-order valence-electron chi connectivity index (χ1n) is 5.12. The van der Waals surface area contributed by atoms with Gasteiger partial charge in [0.25, 0.3) is 0 Å². The van der Waals surface area contributed by atoms with Crippen molar-refractivity contribution in [1.29, 1.82) is 0 Å². The first-order valence-corrected chi connectivity index (χ1v) is 5.12. The molecule has 0 amide bonds. The molecule has 0 radical (unpaired) electrons. The van der Waals surface area contributed by atoms with Gasteiger partial charge in [-0.15, -0.1) is 0 Å². The van der Waals surface area contributed by atoms with E-state index < -0.39 is 0 Å². The lowest BCUT2D eigenvalue weighted by Crippen LogP contribution is -2.33. The Morgan fingerprint density at radius 1 is 1.46 bits per heavy atom. The summed E-state index contributed by atoms with van der Waals surface area (Å²) >= 11 is 0. The van der Waals surface area contributed by atoms with E-state index in [1.54, 1.807) is 0 Å². The highest BCUT2D eigenvalue weighted by Gasteiger charge is 2.21. The van der Waals surface area contributed by atoms with Crippen LogP contribution >= 0.6 is 0 Å². The zero-order valence-electron chi connectivity index (χ0n) is 8.53. The van der Waals surface area contributed by atoms with Crippen LogP contribution in [-0.4, -0.2) is 30.7 Å². The summed E-state index contributed by atoms with van der Waals surface area (Å²) in [5.41, 5.74) is 0. The molecule has 2 atom stereocenters. The molecule has 1 fully saturated rings. The number of aliphatic hydroxyl groups excluding tert-OH is 1. The third kappa shape index (κ3) is 3.63. The summed E-state index contributed by atoms with van der Waals surface area (Å²) in [7, 11) is 0. The lowest BCUT2D eigenvalue weighted by molar-refractivity contribution is -0.203. The molecule has 1 aliphatic heterocycles. The molecule has 1 aliphatic rings. The van der Waals surface area contributed by atoms with Gasteiger partial charge in [0.15, 0.2) is 6.29 Å². The Labute approximate surface area is 80.0 Å². The molecule has 0 aromatic rings. The SMILES string of the molecule is CC(C)[C@@H](CO)O[C@@H]1CCCCO1. The van der Waals surface area contributed by atoms with E-state index in [2.05, 4.69) is 0 Å². The molecule has 0 aromatic carbocycles. The molecule has 0 aromatic heterocycles. The first-order chi connectivity index (χ1) is 6.24. The molecular formula is C10H20O3. The van der Waals surface area contributed by atoms with Gasteiger partial charge in [-0.1, -0.05) is 13.8 Å². The summed E-state index contributed by atoms with van der Waals surface area (Å²) < 4.78 is 11.1. The fourth-order valence-corrected chi connectivity index (χ4v) is 1.42. The van der Waals surface area contributed by atoms with Crippen molar-refractivity contribution in [1.82, 2.24) is 0 Å². The van der Waals surface area contributed by atoms with Crippen LogP contribution in [0.2, 0.25) is 0 Å². The molecule has 0 spiro atoms. The molecule has 1 rings (SSSR count). The second kappa shape index (κ2) is 5.58. The number of rotatable bonds is 4. The van der Waals surface area contributed by atoms with E-state index in [1.165, 1.54) is 6.42 Å². The van der Waals surface area contributed by atoms with Crippen molar-refractivity contribution < 1.29 is 14.6 Å². The van der Waals surface area contributed by atoms with E-state index in [0.29, 0.717) is 5.92 Å². The summed E-state index contributed by atoms with van der Waals surface area (Å²) in [6.07, 6.45) is 3.09. The van der Waals surface area contributed by atoms with Crippen molar-refractivity contribution in [2.75, 3.05) is 13.2 Å². The molecule has 0 saturated carbocycles. The standard InChI is InChI=1S/C10H20O3/c1-8(2)9(7-11)13-10-5-3-4-6-12-10/h8-11H,3-7H2,1-2H3/t9-,10-/m1/s1. The minimum atomic E-state index is -0.0895. The number of aliphatic hydroxyl groups is 1. The van der Waals surface area contributed by atoms with Gasteiger partial charge in [0.05, 0.1) is 12.7 Å².